The van der Waals surface area contributed by atoms with Gasteiger partial charge in [-0.2, -0.15) is 5.10 Å². The predicted octanol–water partition coefficient (Wildman–Crippen LogP) is 3.70. The molecule has 0 radical (unpaired) electrons. The molecule has 3 aromatic rings. The summed E-state index contributed by atoms with van der Waals surface area (Å²) < 4.78 is 57.4. The van der Waals surface area contributed by atoms with Crippen molar-refractivity contribution in [3.63, 3.8) is 0 Å². The first kappa shape index (κ1) is 26.8. The molecule has 2 aromatic heterocycles. The number of carbonyl (C=O) groups is 1. The molecule has 1 aromatic carbocycles. The normalized spacial score (nSPS) is 12.4. The third-order valence-corrected chi connectivity index (χ3v) is 6.39. The summed E-state index contributed by atoms with van der Waals surface area (Å²) in [5.74, 6) is -2.33. The number of hydrogen-bond acceptors (Lipinski definition) is 7. The first-order chi connectivity index (χ1) is 16.9. The summed E-state index contributed by atoms with van der Waals surface area (Å²) in [5, 5.41) is 18.5. The molecule has 2 heterocycles. The Morgan fingerprint density at radius 2 is 1.89 bits per heavy atom. The summed E-state index contributed by atoms with van der Waals surface area (Å²) in [6, 6.07) is 3.20. The zero-order chi connectivity index (χ0) is 26.6. The molecule has 36 heavy (non-hydrogen) atoms. The average molecular weight is 524 g/mol. The molecular weight excluding hydrogens is 496 g/mol. The Morgan fingerprint density at radius 1 is 1.17 bits per heavy atom. The Bertz CT molecular complexity index is 1360. The molecule has 4 N–H and O–H groups in total. The van der Waals surface area contributed by atoms with Crippen molar-refractivity contribution in [2.45, 2.75) is 39.8 Å². The number of amides is 1. The summed E-state index contributed by atoms with van der Waals surface area (Å²) in [5.41, 5.74) is -0.00611. The largest absolute Gasteiger partial charge is 0.465 e. The lowest BCUT2D eigenvalue weighted by Gasteiger charge is -2.13. The van der Waals surface area contributed by atoms with E-state index in [4.69, 9.17) is 5.11 Å². The molecule has 0 saturated carbocycles. The summed E-state index contributed by atoms with van der Waals surface area (Å²) in [6.07, 6.45) is 1.96. The van der Waals surface area contributed by atoms with Crippen LogP contribution < -0.4 is 15.4 Å². The van der Waals surface area contributed by atoms with Gasteiger partial charge >= 0.3 is 6.09 Å². The number of anilines is 2. The number of halogens is 2. The van der Waals surface area contributed by atoms with Crippen molar-refractivity contribution in [1.82, 2.24) is 25.1 Å². The van der Waals surface area contributed by atoms with Crippen LogP contribution in [0, 0.1) is 11.6 Å². The van der Waals surface area contributed by atoms with Gasteiger partial charge in [0.2, 0.25) is 16.0 Å². The third-order valence-electron chi connectivity index (χ3n) is 5.11. The molecule has 0 aliphatic rings. The number of aromatic nitrogens is 4. The maximum Gasteiger partial charge on any atom is 0.404 e. The molecule has 1 amide bonds. The standard InChI is InChI=1S/C22H27F2N7O4S/c1-5-36(34,35)30-20-16(23)7-6-14(18(20)24)19-15(11-31(29-19)12(2)3)17-8-9-25-21(28-17)26-10-13(4)27-22(32)33/h6-9,11-13,27,30H,5,10H2,1-4H3,(H,32,33)(H,25,26,28)/t13-/m0/s1. The topological polar surface area (TPSA) is 151 Å². The molecule has 194 valence electrons. The van der Waals surface area contributed by atoms with Gasteiger partial charge in [0.1, 0.15) is 17.2 Å². The fourth-order valence-electron chi connectivity index (χ4n) is 3.20. The van der Waals surface area contributed by atoms with E-state index < -0.39 is 39.5 Å². The van der Waals surface area contributed by atoms with Crippen LogP contribution in [0.15, 0.2) is 30.6 Å². The van der Waals surface area contributed by atoms with Crippen LogP contribution >= 0.6 is 0 Å². The molecule has 0 aliphatic carbocycles. The second-order valence-corrected chi connectivity index (χ2v) is 10.3. The van der Waals surface area contributed by atoms with Gasteiger partial charge in [0.05, 0.1) is 11.4 Å². The van der Waals surface area contributed by atoms with Gasteiger partial charge < -0.3 is 15.7 Å². The van der Waals surface area contributed by atoms with E-state index in [1.807, 2.05) is 18.6 Å². The van der Waals surface area contributed by atoms with Crippen LogP contribution in [0.2, 0.25) is 0 Å². The molecule has 1 atom stereocenters. The molecular formula is C22H27F2N7O4S. The summed E-state index contributed by atoms with van der Waals surface area (Å²) in [6.45, 7) is 6.96. The maximum atomic E-state index is 15.5. The lowest BCUT2D eigenvalue weighted by Crippen LogP contribution is -2.36. The SMILES string of the molecule is CCS(=O)(=O)Nc1c(F)ccc(-c2nn(C(C)C)cc2-c2ccnc(NC[C@H](C)NC(=O)O)n2)c1F. The fourth-order valence-corrected chi connectivity index (χ4v) is 3.84. The van der Waals surface area contributed by atoms with Gasteiger partial charge in [-0.15, -0.1) is 0 Å². The fraction of sp³-hybridized carbons (Fsp3) is 0.364. The minimum absolute atomic E-state index is 0.110. The monoisotopic (exact) mass is 523 g/mol. The van der Waals surface area contributed by atoms with Gasteiger partial charge in [-0.1, -0.05) is 0 Å². The van der Waals surface area contributed by atoms with Crippen molar-refractivity contribution in [2.75, 3.05) is 22.3 Å². The average Bonchev–Trinajstić information content (AvgIpc) is 3.26. The number of carboxylic acid groups (broad SMARTS) is 1. The quantitative estimate of drug-likeness (QED) is 0.314. The van der Waals surface area contributed by atoms with Crippen LogP contribution in [0.1, 0.15) is 33.7 Å². The molecule has 0 unspecified atom stereocenters. The van der Waals surface area contributed by atoms with E-state index in [2.05, 4.69) is 25.7 Å². The van der Waals surface area contributed by atoms with E-state index in [0.29, 0.717) is 11.3 Å². The molecule has 0 fully saturated rings. The van der Waals surface area contributed by atoms with E-state index in [1.54, 1.807) is 23.9 Å². The van der Waals surface area contributed by atoms with Gasteiger partial charge in [0, 0.05) is 42.1 Å². The number of hydrogen-bond donors (Lipinski definition) is 4. The highest BCUT2D eigenvalue weighted by Crippen LogP contribution is 2.36. The van der Waals surface area contributed by atoms with Crippen molar-refractivity contribution in [2.24, 2.45) is 0 Å². The Labute approximate surface area is 207 Å². The Kier molecular flexibility index (Phi) is 8.07. The van der Waals surface area contributed by atoms with Crippen LogP contribution in [0.4, 0.5) is 25.2 Å². The molecule has 0 saturated heterocycles. The van der Waals surface area contributed by atoms with Crippen molar-refractivity contribution in [1.29, 1.82) is 0 Å². The van der Waals surface area contributed by atoms with Crippen molar-refractivity contribution < 1.29 is 27.1 Å². The number of rotatable bonds is 10. The number of nitrogens with zero attached hydrogens (tertiary/aromatic N) is 4. The van der Waals surface area contributed by atoms with Crippen molar-refractivity contribution in [3.05, 3.63) is 42.2 Å². The Hall–Kier alpha value is -3.81. The van der Waals surface area contributed by atoms with E-state index in [1.165, 1.54) is 19.2 Å². The second-order valence-electron chi connectivity index (χ2n) is 8.25. The van der Waals surface area contributed by atoms with E-state index in [0.717, 1.165) is 6.07 Å². The van der Waals surface area contributed by atoms with Crippen LogP contribution in [-0.4, -0.2) is 57.7 Å². The third kappa shape index (κ3) is 6.24. The molecule has 3 rings (SSSR count). The van der Waals surface area contributed by atoms with E-state index in [9.17, 15) is 17.6 Å². The Balaban J connectivity index is 2.06. The van der Waals surface area contributed by atoms with Crippen LogP contribution in [-0.2, 0) is 10.0 Å². The van der Waals surface area contributed by atoms with Crippen molar-refractivity contribution >= 4 is 27.8 Å². The Morgan fingerprint density at radius 3 is 2.53 bits per heavy atom. The smallest absolute Gasteiger partial charge is 0.404 e. The van der Waals surface area contributed by atoms with Crippen LogP contribution in [0.25, 0.3) is 22.5 Å². The highest BCUT2D eigenvalue weighted by atomic mass is 32.2. The zero-order valence-corrected chi connectivity index (χ0v) is 20.9. The van der Waals surface area contributed by atoms with Crippen LogP contribution in [0.5, 0.6) is 0 Å². The van der Waals surface area contributed by atoms with Gasteiger partial charge in [0.25, 0.3) is 0 Å². The lowest BCUT2D eigenvalue weighted by molar-refractivity contribution is 0.191. The molecule has 0 bridgehead atoms. The summed E-state index contributed by atoms with van der Waals surface area (Å²) in [4.78, 5) is 19.3. The van der Waals surface area contributed by atoms with Gasteiger partial charge in [-0.3, -0.25) is 9.40 Å². The van der Waals surface area contributed by atoms with Gasteiger partial charge in [-0.25, -0.2) is 32.0 Å². The first-order valence-electron chi connectivity index (χ1n) is 11.1. The minimum Gasteiger partial charge on any atom is -0.465 e. The minimum atomic E-state index is -3.94. The van der Waals surface area contributed by atoms with Gasteiger partial charge in [-0.05, 0) is 45.9 Å². The number of nitrogens with one attached hydrogen (secondary N) is 3. The summed E-state index contributed by atoms with van der Waals surface area (Å²) >= 11 is 0. The summed E-state index contributed by atoms with van der Waals surface area (Å²) in [7, 11) is -3.94. The molecule has 0 aliphatic heterocycles. The van der Waals surface area contributed by atoms with E-state index in [-0.39, 0.29) is 35.5 Å². The highest BCUT2D eigenvalue weighted by molar-refractivity contribution is 7.92. The number of sulfonamides is 1. The van der Waals surface area contributed by atoms with Gasteiger partial charge in [0.15, 0.2) is 5.82 Å². The molecule has 14 heteroatoms. The molecule has 0 spiro atoms. The number of benzene rings is 1. The zero-order valence-electron chi connectivity index (χ0n) is 20.1. The lowest BCUT2D eigenvalue weighted by atomic mass is 10.0. The van der Waals surface area contributed by atoms with Crippen LogP contribution in [0.3, 0.4) is 0 Å². The second kappa shape index (κ2) is 10.8. The van der Waals surface area contributed by atoms with E-state index >= 15 is 4.39 Å². The molecule has 11 nitrogen and oxygen atoms in total. The predicted molar refractivity (Wildman–Crippen MR) is 131 cm³/mol. The highest BCUT2D eigenvalue weighted by Gasteiger charge is 2.24. The van der Waals surface area contributed by atoms with Crippen molar-refractivity contribution in [3.8, 4) is 22.5 Å². The maximum absolute atomic E-state index is 15.5. The first-order valence-corrected chi connectivity index (χ1v) is 12.7.